The summed E-state index contributed by atoms with van der Waals surface area (Å²) in [4.78, 5) is 13.4. The average molecular weight is 410 g/mol. The molecule has 0 amide bonds. The van der Waals surface area contributed by atoms with E-state index in [4.69, 9.17) is 16.3 Å². The van der Waals surface area contributed by atoms with Crippen molar-refractivity contribution in [2.45, 2.75) is 13.8 Å². The average Bonchev–Trinajstić information content (AvgIpc) is 3.05. The summed E-state index contributed by atoms with van der Waals surface area (Å²) in [5.74, 6) is 1.67. The van der Waals surface area contributed by atoms with Crippen LogP contribution in [0.2, 0.25) is 5.28 Å². The minimum absolute atomic E-state index is 0.263. The van der Waals surface area contributed by atoms with Gasteiger partial charge in [0.05, 0.1) is 12.5 Å². The summed E-state index contributed by atoms with van der Waals surface area (Å²) in [7, 11) is 1.67. The van der Waals surface area contributed by atoms with Crippen molar-refractivity contribution in [2.75, 3.05) is 18.6 Å². The largest absolute Gasteiger partial charge is 0.497 e. The van der Waals surface area contributed by atoms with Crippen molar-refractivity contribution in [1.82, 2.24) is 9.97 Å². The van der Waals surface area contributed by atoms with Crippen molar-refractivity contribution in [3.05, 3.63) is 64.8 Å². The molecular formula is C22H20ClN3OS. The van der Waals surface area contributed by atoms with E-state index in [1.807, 2.05) is 30.3 Å². The summed E-state index contributed by atoms with van der Waals surface area (Å²) in [6, 6.07) is 18.3. The first-order chi connectivity index (χ1) is 13.6. The molecular weight excluding hydrogens is 390 g/mol. The number of aryl methyl sites for hydroxylation is 1. The monoisotopic (exact) mass is 409 g/mol. The molecule has 0 unspecified atom stereocenters. The molecule has 4 aromatic rings. The number of hydrogen-bond donors (Lipinski definition) is 0. The first-order valence-corrected chi connectivity index (χ1v) is 10.3. The van der Waals surface area contributed by atoms with Crippen LogP contribution in [0.1, 0.15) is 11.8 Å². The molecule has 0 aliphatic carbocycles. The Morgan fingerprint density at radius 1 is 1.04 bits per heavy atom. The molecule has 0 aliphatic heterocycles. The molecule has 2 heterocycles. The molecule has 6 heteroatoms. The molecule has 2 aromatic heterocycles. The molecule has 0 saturated heterocycles. The number of rotatable bonds is 5. The fourth-order valence-electron chi connectivity index (χ4n) is 3.43. The zero-order valence-electron chi connectivity index (χ0n) is 15.9. The number of anilines is 2. The molecule has 0 radical (unpaired) electrons. The third-order valence-corrected chi connectivity index (χ3v) is 5.87. The summed E-state index contributed by atoms with van der Waals surface area (Å²) < 4.78 is 5.31. The van der Waals surface area contributed by atoms with Crippen molar-refractivity contribution in [1.29, 1.82) is 0 Å². The number of thiophene rings is 1. The van der Waals surface area contributed by atoms with Gasteiger partial charge in [0.1, 0.15) is 16.4 Å². The highest BCUT2D eigenvalue weighted by Crippen LogP contribution is 2.43. The van der Waals surface area contributed by atoms with Crippen LogP contribution in [-0.2, 0) is 0 Å². The van der Waals surface area contributed by atoms with Crippen LogP contribution in [0.4, 0.5) is 11.5 Å². The molecule has 0 spiro atoms. The van der Waals surface area contributed by atoms with E-state index in [1.165, 1.54) is 4.88 Å². The molecule has 4 nitrogen and oxygen atoms in total. The van der Waals surface area contributed by atoms with E-state index in [9.17, 15) is 0 Å². The number of methoxy groups -OCH3 is 1. The molecule has 0 bridgehead atoms. The first kappa shape index (κ1) is 18.7. The maximum atomic E-state index is 6.30. The summed E-state index contributed by atoms with van der Waals surface area (Å²) >= 11 is 7.94. The topological polar surface area (TPSA) is 38.2 Å². The third kappa shape index (κ3) is 3.32. The predicted octanol–water partition coefficient (Wildman–Crippen LogP) is 6.49. The van der Waals surface area contributed by atoms with Crippen molar-refractivity contribution in [3.63, 3.8) is 0 Å². The fraction of sp³-hybridized carbons (Fsp3) is 0.182. The zero-order chi connectivity index (χ0) is 19.7. The van der Waals surface area contributed by atoms with Gasteiger partial charge in [-0.05, 0) is 55.3 Å². The van der Waals surface area contributed by atoms with E-state index < -0.39 is 0 Å². The van der Waals surface area contributed by atoms with Gasteiger partial charge < -0.3 is 9.64 Å². The third-order valence-electron chi connectivity index (χ3n) is 4.70. The van der Waals surface area contributed by atoms with E-state index in [0.29, 0.717) is 0 Å². The number of nitrogens with zero attached hydrogens (tertiary/aromatic N) is 3. The molecule has 0 N–H and O–H groups in total. The molecule has 0 fully saturated rings. The minimum Gasteiger partial charge on any atom is -0.497 e. The lowest BCUT2D eigenvalue weighted by atomic mass is 10.0. The van der Waals surface area contributed by atoms with Crippen LogP contribution in [-0.4, -0.2) is 23.6 Å². The van der Waals surface area contributed by atoms with Crippen molar-refractivity contribution >= 4 is 44.7 Å². The van der Waals surface area contributed by atoms with Gasteiger partial charge in [0.25, 0.3) is 0 Å². The van der Waals surface area contributed by atoms with Gasteiger partial charge in [-0.15, -0.1) is 11.3 Å². The number of hydrogen-bond acceptors (Lipinski definition) is 5. The van der Waals surface area contributed by atoms with Gasteiger partial charge in [0.2, 0.25) is 5.28 Å². The predicted molar refractivity (Wildman–Crippen MR) is 118 cm³/mol. The maximum Gasteiger partial charge on any atom is 0.225 e. The van der Waals surface area contributed by atoms with Crippen molar-refractivity contribution < 1.29 is 4.74 Å². The fourth-order valence-corrected chi connectivity index (χ4v) is 4.69. The Hall–Kier alpha value is -2.63. The van der Waals surface area contributed by atoms with Gasteiger partial charge in [0, 0.05) is 22.7 Å². The van der Waals surface area contributed by atoms with Gasteiger partial charge in [-0.2, -0.15) is 4.98 Å². The molecule has 0 atom stereocenters. The minimum atomic E-state index is 0.263. The van der Waals surface area contributed by atoms with Crippen LogP contribution in [0.5, 0.6) is 5.75 Å². The first-order valence-electron chi connectivity index (χ1n) is 9.06. The van der Waals surface area contributed by atoms with Gasteiger partial charge in [-0.1, -0.05) is 30.3 Å². The van der Waals surface area contributed by atoms with Crippen LogP contribution in [0.15, 0.2) is 54.6 Å². The molecule has 4 rings (SSSR count). The van der Waals surface area contributed by atoms with Crippen LogP contribution in [0.3, 0.4) is 0 Å². The highest BCUT2D eigenvalue weighted by molar-refractivity contribution is 7.19. The van der Waals surface area contributed by atoms with Gasteiger partial charge in [0.15, 0.2) is 0 Å². The van der Waals surface area contributed by atoms with Crippen molar-refractivity contribution in [3.8, 4) is 16.9 Å². The number of aromatic nitrogens is 2. The smallest absolute Gasteiger partial charge is 0.225 e. The van der Waals surface area contributed by atoms with Gasteiger partial charge >= 0.3 is 0 Å². The molecule has 28 heavy (non-hydrogen) atoms. The Labute approximate surface area is 173 Å². The second kappa shape index (κ2) is 7.78. The van der Waals surface area contributed by atoms with E-state index >= 15 is 0 Å². The second-order valence-electron chi connectivity index (χ2n) is 6.34. The Balaban J connectivity index is 1.98. The van der Waals surface area contributed by atoms with E-state index in [-0.39, 0.29) is 5.28 Å². The van der Waals surface area contributed by atoms with Crippen LogP contribution < -0.4 is 9.64 Å². The van der Waals surface area contributed by atoms with Gasteiger partial charge in [-0.3, -0.25) is 0 Å². The van der Waals surface area contributed by atoms with Crippen LogP contribution >= 0.6 is 22.9 Å². The number of halogens is 1. The van der Waals surface area contributed by atoms with Crippen LogP contribution in [0.25, 0.3) is 21.3 Å². The lowest BCUT2D eigenvalue weighted by Gasteiger charge is -2.23. The Bertz CT molecular complexity index is 1110. The molecule has 0 saturated carbocycles. The molecule has 2 aromatic carbocycles. The Kier molecular flexibility index (Phi) is 5.20. The highest BCUT2D eigenvalue weighted by Gasteiger charge is 2.22. The summed E-state index contributed by atoms with van der Waals surface area (Å²) in [6.07, 6.45) is 0. The Morgan fingerprint density at radius 2 is 1.75 bits per heavy atom. The highest BCUT2D eigenvalue weighted by atomic mass is 35.5. The number of fused-ring (bicyclic) bond motifs is 1. The molecule has 142 valence electrons. The lowest BCUT2D eigenvalue weighted by Crippen LogP contribution is -2.18. The van der Waals surface area contributed by atoms with E-state index in [0.717, 1.165) is 45.1 Å². The second-order valence-corrected chi connectivity index (χ2v) is 7.88. The molecule has 0 aliphatic rings. The lowest BCUT2D eigenvalue weighted by molar-refractivity contribution is 0.415. The number of ether oxygens (including phenoxy) is 1. The summed E-state index contributed by atoms with van der Waals surface area (Å²) in [5, 5.41) is 1.29. The van der Waals surface area contributed by atoms with E-state index in [1.54, 1.807) is 18.4 Å². The SMILES string of the molecule is CCN(c1ccccc1)c1nc(Cl)nc2sc(C)c(-c3ccc(OC)cc3)c12. The van der Waals surface area contributed by atoms with Crippen molar-refractivity contribution in [2.24, 2.45) is 0 Å². The number of para-hydroxylation sites is 1. The van der Waals surface area contributed by atoms with Gasteiger partial charge in [-0.25, -0.2) is 4.98 Å². The standard InChI is InChI=1S/C22H20ClN3OS/c1-4-26(16-8-6-5-7-9-16)20-19-18(15-10-12-17(27-3)13-11-15)14(2)28-21(19)25-22(23)24-20/h5-13H,4H2,1-3H3. The van der Waals surface area contributed by atoms with Crippen LogP contribution in [0, 0.1) is 6.92 Å². The maximum absolute atomic E-state index is 6.30. The normalized spacial score (nSPS) is 11.0. The Morgan fingerprint density at radius 3 is 2.39 bits per heavy atom. The summed E-state index contributed by atoms with van der Waals surface area (Å²) in [6.45, 7) is 4.99. The quantitative estimate of drug-likeness (QED) is 0.353. The number of benzene rings is 2. The summed E-state index contributed by atoms with van der Waals surface area (Å²) in [5.41, 5.74) is 3.33. The zero-order valence-corrected chi connectivity index (χ0v) is 17.5. The van der Waals surface area contributed by atoms with E-state index in [2.05, 4.69) is 53.0 Å².